The summed E-state index contributed by atoms with van der Waals surface area (Å²) in [6.07, 6.45) is 8.86. The summed E-state index contributed by atoms with van der Waals surface area (Å²) in [6, 6.07) is 9.74. The van der Waals surface area contributed by atoms with Gasteiger partial charge in [0.1, 0.15) is 0 Å². The molecule has 3 unspecified atom stereocenters. The minimum absolute atomic E-state index is 0.515. The zero-order chi connectivity index (χ0) is 14.7. The molecule has 0 amide bonds. The van der Waals surface area contributed by atoms with Crippen molar-refractivity contribution in [1.29, 1.82) is 0 Å². The second-order valence-electron chi connectivity index (χ2n) is 8.77. The van der Waals surface area contributed by atoms with Gasteiger partial charge < -0.3 is 5.32 Å². The van der Waals surface area contributed by atoms with Gasteiger partial charge in [-0.05, 0) is 80.7 Å². The Morgan fingerprint density at radius 2 is 1.86 bits per heavy atom. The van der Waals surface area contributed by atoms with E-state index in [1.54, 1.807) is 0 Å². The van der Waals surface area contributed by atoms with Crippen LogP contribution in [0.15, 0.2) is 24.3 Å². The highest BCUT2D eigenvalue weighted by Crippen LogP contribution is 2.68. The van der Waals surface area contributed by atoms with E-state index in [0.717, 1.165) is 11.8 Å². The van der Waals surface area contributed by atoms with Crippen LogP contribution >= 0.6 is 0 Å². The zero-order valence-corrected chi connectivity index (χ0v) is 13.8. The van der Waals surface area contributed by atoms with Gasteiger partial charge in [0.05, 0.1) is 0 Å². The molecule has 1 aromatic rings. The van der Waals surface area contributed by atoms with Crippen LogP contribution in [0.4, 0.5) is 0 Å². The van der Waals surface area contributed by atoms with Crippen molar-refractivity contribution in [2.45, 2.75) is 58.4 Å². The standard InChI is InChI=1S/C20H29N/c1-14-5-4-6-17(7-14)18(21-3)20-11-15-8-16(12-20)10-19(2,9-15)13-20/h4-7,15-16,18,21H,8-13H2,1-3H3. The molecule has 4 fully saturated rings. The number of aryl methyl sites for hydroxylation is 1. The van der Waals surface area contributed by atoms with Crippen LogP contribution in [-0.4, -0.2) is 7.05 Å². The Morgan fingerprint density at radius 1 is 1.14 bits per heavy atom. The average molecular weight is 283 g/mol. The third-order valence-electron chi connectivity index (χ3n) is 6.68. The van der Waals surface area contributed by atoms with Crippen molar-refractivity contribution in [2.24, 2.45) is 22.7 Å². The quantitative estimate of drug-likeness (QED) is 0.835. The summed E-state index contributed by atoms with van der Waals surface area (Å²) in [5, 5.41) is 3.72. The summed E-state index contributed by atoms with van der Waals surface area (Å²) >= 11 is 0. The maximum absolute atomic E-state index is 3.72. The Labute approximate surface area is 129 Å². The zero-order valence-electron chi connectivity index (χ0n) is 13.8. The first-order valence-corrected chi connectivity index (χ1v) is 8.76. The molecule has 0 heterocycles. The molecule has 0 radical (unpaired) electrons. The fraction of sp³-hybridized carbons (Fsp3) is 0.700. The minimum atomic E-state index is 0.515. The van der Waals surface area contributed by atoms with Crippen LogP contribution < -0.4 is 5.32 Å². The maximum Gasteiger partial charge on any atom is 0.0375 e. The van der Waals surface area contributed by atoms with E-state index in [9.17, 15) is 0 Å². The summed E-state index contributed by atoms with van der Waals surface area (Å²) in [4.78, 5) is 0. The number of hydrogen-bond acceptors (Lipinski definition) is 1. The molecule has 114 valence electrons. The highest BCUT2D eigenvalue weighted by molar-refractivity contribution is 5.28. The van der Waals surface area contributed by atoms with Crippen molar-refractivity contribution < 1.29 is 0 Å². The van der Waals surface area contributed by atoms with Crippen molar-refractivity contribution in [3.63, 3.8) is 0 Å². The van der Waals surface area contributed by atoms with Crippen molar-refractivity contribution in [3.8, 4) is 0 Å². The van der Waals surface area contributed by atoms with Crippen LogP contribution in [0.1, 0.15) is 62.6 Å². The molecule has 4 aliphatic rings. The third-order valence-corrected chi connectivity index (χ3v) is 6.68. The molecule has 0 aromatic heterocycles. The fourth-order valence-corrected chi connectivity index (χ4v) is 6.81. The molecule has 3 atom stereocenters. The first-order valence-electron chi connectivity index (χ1n) is 8.76. The molecular weight excluding hydrogens is 254 g/mol. The Hall–Kier alpha value is -0.820. The molecule has 0 saturated heterocycles. The summed E-state index contributed by atoms with van der Waals surface area (Å²) in [5.74, 6) is 1.99. The number of rotatable bonds is 3. The lowest BCUT2D eigenvalue weighted by Crippen LogP contribution is -2.55. The van der Waals surface area contributed by atoms with Gasteiger partial charge >= 0.3 is 0 Å². The van der Waals surface area contributed by atoms with Gasteiger partial charge in [0, 0.05) is 6.04 Å². The molecule has 1 aromatic carbocycles. The van der Waals surface area contributed by atoms with Crippen molar-refractivity contribution in [3.05, 3.63) is 35.4 Å². The second-order valence-corrected chi connectivity index (χ2v) is 8.77. The van der Waals surface area contributed by atoms with E-state index in [0.29, 0.717) is 16.9 Å². The molecule has 4 saturated carbocycles. The topological polar surface area (TPSA) is 12.0 Å². The average Bonchev–Trinajstić information content (AvgIpc) is 2.36. The number of nitrogens with one attached hydrogen (secondary N) is 1. The third kappa shape index (κ3) is 2.16. The fourth-order valence-electron chi connectivity index (χ4n) is 6.81. The summed E-state index contributed by atoms with van der Waals surface area (Å²) < 4.78 is 0. The van der Waals surface area contributed by atoms with Crippen LogP contribution in [0.2, 0.25) is 0 Å². The van der Waals surface area contributed by atoms with E-state index >= 15 is 0 Å². The molecule has 5 rings (SSSR count). The molecule has 4 bridgehead atoms. The summed E-state index contributed by atoms with van der Waals surface area (Å²) in [6.45, 7) is 4.79. The molecule has 21 heavy (non-hydrogen) atoms. The maximum atomic E-state index is 3.72. The highest BCUT2D eigenvalue weighted by Gasteiger charge is 2.58. The largest absolute Gasteiger partial charge is 0.313 e. The van der Waals surface area contributed by atoms with Gasteiger partial charge in [0.15, 0.2) is 0 Å². The predicted molar refractivity (Wildman–Crippen MR) is 88.2 cm³/mol. The molecule has 0 spiro atoms. The van der Waals surface area contributed by atoms with E-state index < -0.39 is 0 Å². The molecule has 0 aliphatic heterocycles. The minimum Gasteiger partial charge on any atom is -0.313 e. The molecule has 1 heteroatoms. The lowest BCUT2D eigenvalue weighted by atomic mass is 9.43. The van der Waals surface area contributed by atoms with E-state index in [1.807, 2.05) is 0 Å². The summed E-state index contributed by atoms with van der Waals surface area (Å²) in [5.41, 5.74) is 4.05. The SMILES string of the molecule is CNC(c1cccc(C)c1)C12CC3CC(CC(C)(C3)C1)C2. The van der Waals surface area contributed by atoms with Crippen molar-refractivity contribution in [2.75, 3.05) is 7.05 Å². The molecule has 1 N–H and O–H groups in total. The molecule has 4 aliphatic carbocycles. The van der Waals surface area contributed by atoms with Crippen LogP contribution in [0.25, 0.3) is 0 Å². The lowest BCUT2D eigenvalue weighted by Gasteiger charge is -2.63. The summed E-state index contributed by atoms with van der Waals surface area (Å²) in [7, 11) is 2.17. The second kappa shape index (κ2) is 4.59. The normalized spacial score (nSPS) is 42.2. The van der Waals surface area contributed by atoms with E-state index in [2.05, 4.69) is 50.5 Å². The Balaban J connectivity index is 1.73. The van der Waals surface area contributed by atoms with Crippen LogP contribution in [-0.2, 0) is 0 Å². The van der Waals surface area contributed by atoms with Crippen LogP contribution in [0.5, 0.6) is 0 Å². The molecular formula is C20H29N. The van der Waals surface area contributed by atoms with E-state index in [-0.39, 0.29) is 0 Å². The lowest BCUT2D eigenvalue weighted by molar-refractivity contribution is -0.118. The van der Waals surface area contributed by atoms with Crippen molar-refractivity contribution >= 4 is 0 Å². The van der Waals surface area contributed by atoms with Gasteiger partial charge in [-0.1, -0.05) is 36.8 Å². The van der Waals surface area contributed by atoms with Gasteiger partial charge in [-0.15, -0.1) is 0 Å². The van der Waals surface area contributed by atoms with E-state index in [1.165, 1.54) is 49.7 Å². The Bertz CT molecular complexity index is 533. The number of hydrogen-bond donors (Lipinski definition) is 1. The first kappa shape index (κ1) is 13.8. The van der Waals surface area contributed by atoms with Gasteiger partial charge in [0.25, 0.3) is 0 Å². The smallest absolute Gasteiger partial charge is 0.0375 e. The van der Waals surface area contributed by atoms with E-state index in [4.69, 9.17) is 0 Å². The van der Waals surface area contributed by atoms with Gasteiger partial charge in [0.2, 0.25) is 0 Å². The Morgan fingerprint density at radius 3 is 2.43 bits per heavy atom. The number of benzene rings is 1. The Kier molecular flexibility index (Phi) is 3.02. The van der Waals surface area contributed by atoms with Crippen LogP contribution in [0.3, 0.4) is 0 Å². The molecule has 1 nitrogen and oxygen atoms in total. The first-order chi connectivity index (χ1) is 10.0. The van der Waals surface area contributed by atoms with Crippen LogP contribution in [0, 0.1) is 29.6 Å². The van der Waals surface area contributed by atoms with Gasteiger partial charge in [-0.3, -0.25) is 0 Å². The van der Waals surface area contributed by atoms with Gasteiger partial charge in [-0.2, -0.15) is 0 Å². The monoisotopic (exact) mass is 283 g/mol. The van der Waals surface area contributed by atoms with Crippen molar-refractivity contribution in [1.82, 2.24) is 5.32 Å². The predicted octanol–water partition coefficient (Wildman–Crippen LogP) is 4.86. The van der Waals surface area contributed by atoms with Gasteiger partial charge in [-0.25, -0.2) is 0 Å². The highest BCUT2D eigenvalue weighted by atomic mass is 14.9.